The highest BCUT2D eigenvalue weighted by molar-refractivity contribution is 6.09. The van der Waals surface area contributed by atoms with Crippen molar-refractivity contribution >= 4 is 28.4 Å². The monoisotopic (exact) mass is 411 g/mol. The summed E-state index contributed by atoms with van der Waals surface area (Å²) in [6.45, 7) is 3.89. The predicted molar refractivity (Wildman–Crippen MR) is 122 cm³/mol. The van der Waals surface area contributed by atoms with Gasteiger partial charge in [0.25, 0.3) is 5.91 Å². The zero-order valence-corrected chi connectivity index (χ0v) is 16.7. The van der Waals surface area contributed by atoms with Gasteiger partial charge in [-0.1, -0.05) is 49.0 Å². The molecule has 6 heteroatoms. The number of H-pyrrole nitrogens is 1. The minimum atomic E-state index is -0.498. The molecule has 0 spiro atoms. The number of amides is 2. The van der Waals surface area contributed by atoms with Crippen molar-refractivity contribution in [3.8, 4) is 16.9 Å². The van der Waals surface area contributed by atoms with Crippen LogP contribution in [0.25, 0.3) is 22.0 Å². The molecule has 31 heavy (non-hydrogen) atoms. The molecule has 2 amide bonds. The number of carbonyl (C=O) groups excluding carboxylic acids is 2. The molecule has 0 bridgehead atoms. The highest BCUT2D eigenvalue weighted by Gasteiger charge is 2.14. The standard InChI is InChI=1S/C25H21N3O3/c1-2-23(29)28-21-14-17(8-11-22(21)31-15-16-6-4-3-5-7-16)18-9-10-20(25(26)30)24-19(18)12-13-27-24/h2-14,27H,1,15H2,(H2,26,30)(H,28,29). The van der Waals surface area contributed by atoms with Gasteiger partial charge in [0.2, 0.25) is 5.91 Å². The van der Waals surface area contributed by atoms with Gasteiger partial charge in [0.1, 0.15) is 12.4 Å². The normalized spacial score (nSPS) is 10.6. The molecule has 0 unspecified atom stereocenters. The highest BCUT2D eigenvalue weighted by Crippen LogP contribution is 2.35. The zero-order chi connectivity index (χ0) is 21.8. The van der Waals surface area contributed by atoms with E-state index in [1.54, 1.807) is 12.3 Å². The Morgan fingerprint density at radius 3 is 2.61 bits per heavy atom. The number of hydrogen-bond acceptors (Lipinski definition) is 3. The maximum absolute atomic E-state index is 12.0. The summed E-state index contributed by atoms with van der Waals surface area (Å²) in [7, 11) is 0. The van der Waals surface area contributed by atoms with Crippen LogP contribution >= 0.6 is 0 Å². The Kier molecular flexibility index (Phi) is 5.53. The van der Waals surface area contributed by atoms with Crippen molar-refractivity contribution in [1.29, 1.82) is 0 Å². The summed E-state index contributed by atoms with van der Waals surface area (Å²) in [5.41, 5.74) is 9.88. The Balaban J connectivity index is 1.73. The van der Waals surface area contributed by atoms with E-state index in [4.69, 9.17) is 10.5 Å². The van der Waals surface area contributed by atoms with Gasteiger partial charge in [-0.05, 0) is 47.0 Å². The second-order valence-corrected chi connectivity index (χ2v) is 6.97. The number of rotatable bonds is 7. The maximum atomic E-state index is 12.0. The number of aromatic amines is 1. The molecule has 0 aliphatic carbocycles. The van der Waals surface area contributed by atoms with Crippen LogP contribution < -0.4 is 15.8 Å². The quantitative estimate of drug-likeness (QED) is 0.387. The molecule has 6 nitrogen and oxygen atoms in total. The van der Waals surface area contributed by atoms with E-state index in [1.807, 2.05) is 60.7 Å². The molecule has 1 heterocycles. The molecule has 0 atom stereocenters. The first kappa shape index (κ1) is 20.0. The van der Waals surface area contributed by atoms with Crippen molar-refractivity contribution in [2.45, 2.75) is 6.61 Å². The lowest BCUT2D eigenvalue weighted by molar-refractivity contribution is -0.111. The molecule has 1 aromatic heterocycles. The Morgan fingerprint density at radius 1 is 1.06 bits per heavy atom. The van der Waals surface area contributed by atoms with Crippen molar-refractivity contribution in [2.24, 2.45) is 5.73 Å². The van der Waals surface area contributed by atoms with Crippen LogP contribution in [0.5, 0.6) is 5.75 Å². The zero-order valence-electron chi connectivity index (χ0n) is 16.7. The molecule has 0 saturated heterocycles. The number of primary amides is 1. The first-order chi connectivity index (χ1) is 15.1. The van der Waals surface area contributed by atoms with E-state index in [-0.39, 0.29) is 5.91 Å². The molecular formula is C25H21N3O3. The van der Waals surface area contributed by atoms with Crippen LogP contribution in [0.15, 0.2) is 85.6 Å². The lowest BCUT2D eigenvalue weighted by Crippen LogP contribution is -2.11. The van der Waals surface area contributed by atoms with E-state index in [0.29, 0.717) is 29.1 Å². The largest absolute Gasteiger partial charge is 0.487 e. The number of benzene rings is 3. The van der Waals surface area contributed by atoms with Gasteiger partial charge in [-0.25, -0.2) is 0 Å². The third-order valence-electron chi connectivity index (χ3n) is 4.96. The second kappa shape index (κ2) is 8.59. The molecule has 3 aromatic carbocycles. The van der Waals surface area contributed by atoms with Crippen molar-refractivity contribution in [1.82, 2.24) is 4.98 Å². The fourth-order valence-electron chi connectivity index (χ4n) is 3.45. The predicted octanol–water partition coefficient (Wildman–Crippen LogP) is 4.64. The smallest absolute Gasteiger partial charge is 0.250 e. The van der Waals surface area contributed by atoms with Gasteiger partial charge in [-0.15, -0.1) is 0 Å². The Labute approximate surface area is 179 Å². The summed E-state index contributed by atoms with van der Waals surface area (Å²) >= 11 is 0. The van der Waals surface area contributed by atoms with Gasteiger partial charge in [0.05, 0.1) is 16.8 Å². The SMILES string of the molecule is C=CC(=O)Nc1cc(-c2ccc(C(N)=O)c3[nH]ccc23)ccc1OCc1ccccc1. The second-order valence-electron chi connectivity index (χ2n) is 6.97. The third-order valence-corrected chi connectivity index (χ3v) is 4.96. The van der Waals surface area contributed by atoms with E-state index in [2.05, 4.69) is 16.9 Å². The topological polar surface area (TPSA) is 97.2 Å². The van der Waals surface area contributed by atoms with Crippen LogP contribution in [-0.4, -0.2) is 16.8 Å². The number of nitrogens with two attached hydrogens (primary N) is 1. The van der Waals surface area contributed by atoms with Crippen molar-refractivity contribution in [3.05, 3.63) is 96.7 Å². The number of hydrogen-bond donors (Lipinski definition) is 3. The van der Waals surface area contributed by atoms with Crippen molar-refractivity contribution in [2.75, 3.05) is 5.32 Å². The van der Waals surface area contributed by atoms with Crippen LogP contribution in [0.1, 0.15) is 15.9 Å². The van der Waals surface area contributed by atoms with Gasteiger partial charge in [-0.3, -0.25) is 9.59 Å². The lowest BCUT2D eigenvalue weighted by atomic mass is 9.98. The molecular weight excluding hydrogens is 390 g/mol. The van der Waals surface area contributed by atoms with Gasteiger partial charge in [0.15, 0.2) is 0 Å². The average Bonchev–Trinajstić information content (AvgIpc) is 3.28. The van der Waals surface area contributed by atoms with E-state index in [0.717, 1.165) is 22.1 Å². The Hall–Kier alpha value is -4.32. The number of anilines is 1. The molecule has 4 aromatic rings. The number of carbonyl (C=O) groups is 2. The van der Waals surface area contributed by atoms with Gasteiger partial charge in [-0.2, -0.15) is 0 Å². The maximum Gasteiger partial charge on any atom is 0.250 e. The minimum Gasteiger partial charge on any atom is -0.487 e. The summed E-state index contributed by atoms with van der Waals surface area (Å²) in [6, 6.07) is 20.8. The average molecular weight is 411 g/mol. The van der Waals surface area contributed by atoms with Crippen LogP contribution in [0, 0.1) is 0 Å². The number of fused-ring (bicyclic) bond motifs is 1. The van der Waals surface area contributed by atoms with E-state index < -0.39 is 5.91 Å². The molecule has 0 aliphatic heterocycles. The van der Waals surface area contributed by atoms with E-state index in [1.165, 1.54) is 6.08 Å². The number of ether oxygens (including phenoxy) is 1. The molecule has 4 N–H and O–H groups in total. The van der Waals surface area contributed by atoms with E-state index >= 15 is 0 Å². The van der Waals surface area contributed by atoms with Crippen LogP contribution in [0.4, 0.5) is 5.69 Å². The fraction of sp³-hybridized carbons (Fsp3) is 0.0400. The number of aromatic nitrogens is 1. The molecule has 154 valence electrons. The molecule has 0 aliphatic rings. The van der Waals surface area contributed by atoms with Gasteiger partial charge < -0.3 is 20.8 Å². The first-order valence-electron chi connectivity index (χ1n) is 9.71. The molecule has 0 saturated carbocycles. The van der Waals surface area contributed by atoms with Crippen molar-refractivity contribution in [3.63, 3.8) is 0 Å². The van der Waals surface area contributed by atoms with Gasteiger partial charge in [0, 0.05) is 11.6 Å². The summed E-state index contributed by atoms with van der Waals surface area (Å²) in [5.74, 6) is -0.290. The first-order valence-corrected chi connectivity index (χ1v) is 9.71. The molecule has 4 rings (SSSR count). The third kappa shape index (κ3) is 4.18. The van der Waals surface area contributed by atoms with Crippen LogP contribution in [0.3, 0.4) is 0 Å². The summed E-state index contributed by atoms with van der Waals surface area (Å²) < 4.78 is 5.97. The van der Waals surface area contributed by atoms with Gasteiger partial charge >= 0.3 is 0 Å². The van der Waals surface area contributed by atoms with Crippen molar-refractivity contribution < 1.29 is 14.3 Å². The number of nitrogens with one attached hydrogen (secondary N) is 2. The lowest BCUT2D eigenvalue weighted by Gasteiger charge is -2.15. The summed E-state index contributed by atoms with van der Waals surface area (Å²) in [6.07, 6.45) is 2.97. The van der Waals surface area contributed by atoms with Crippen LogP contribution in [0.2, 0.25) is 0 Å². The Morgan fingerprint density at radius 2 is 1.87 bits per heavy atom. The summed E-state index contributed by atoms with van der Waals surface area (Å²) in [4.78, 5) is 26.8. The summed E-state index contributed by atoms with van der Waals surface area (Å²) in [5, 5.41) is 3.67. The Bertz CT molecular complexity index is 1280. The molecule has 0 fully saturated rings. The minimum absolute atomic E-state index is 0.336. The van der Waals surface area contributed by atoms with E-state index in [9.17, 15) is 9.59 Å². The van der Waals surface area contributed by atoms with Crippen LogP contribution in [-0.2, 0) is 11.4 Å². The highest BCUT2D eigenvalue weighted by atomic mass is 16.5. The molecule has 0 radical (unpaired) electrons. The fourth-order valence-corrected chi connectivity index (χ4v) is 3.45.